The summed E-state index contributed by atoms with van der Waals surface area (Å²) in [4.78, 5) is 9.47. The molecule has 3 rings (SSSR count). The van der Waals surface area contributed by atoms with Crippen LogP contribution in [-0.2, 0) is 10.0 Å². The second-order valence-corrected chi connectivity index (χ2v) is 10.1. The lowest BCUT2D eigenvalue weighted by atomic mass is 10.0. The molecule has 0 amide bonds. The second-order valence-electron chi connectivity index (χ2n) is 8.42. The van der Waals surface area contributed by atoms with Gasteiger partial charge in [-0.1, -0.05) is 39.8 Å². The van der Waals surface area contributed by atoms with E-state index in [0.717, 1.165) is 44.1 Å². The zero-order valence-corrected chi connectivity index (χ0v) is 18.6. The molecule has 1 N–H and O–H groups in total. The molecule has 1 aliphatic rings. The highest BCUT2D eigenvalue weighted by Crippen LogP contribution is 2.21. The van der Waals surface area contributed by atoms with Crippen LogP contribution in [0, 0.1) is 5.92 Å². The number of anilines is 2. The Balaban J connectivity index is 1.61. The van der Waals surface area contributed by atoms with Crippen molar-refractivity contribution in [2.45, 2.75) is 38.5 Å². The van der Waals surface area contributed by atoms with Gasteiger partial charge in [0.15, 0.2) is 0 Å². The highest BCUT2D eigenvalue weighted by Gasteiger charge is 2.19. The van der Waals surface area contributed by atoms with E-state index in [0.29, 0.717) is 17.5 Å². The van der Waals surface area contributed by atoms with Gasteiger partial charge < -0.3 is 4.90 Å². The highest BCUT2D eigenvalue weighted by atomic mass is 32.2. The number of hydrogen-bond donors (Lipinski definition) is 1. The molecule has 0 radical (unpaired) electrons. The number of piperazine rings is 1. The Kier molecular flexibility index (Phi) is 6.80. The van der Waals surface area contributed by atoms with Crippen molar-refractivity contribution in [3.63, 3.8) is 0 Å². The number of aromatic nitrogens is 1. The number of rotatable bonds is 7. The maximum absolute atomic E-state index is 12.6. The number of pyridine rings is 1. The van der Waals surface area contributed by atoms with Crippen molar-refractivity contribution in [2.75, 3.05) is 42.3 Å². The topological polar surface area (TPSA) is 65.5 Å². The van der Waals surface area contributed by atoms with Crippen molar-refractivity contribution in [1.82, 2.24) is 9.88 Å². The lowest BCUT2D eigenvalue weighted by molar-refractivity contribution is 0.231. The van der Waals surface area contributed by atoms with E-state index < -0.39 is 10.0 Å². The minimum absolute atomic E-state index is 0.257. The number of nitrogens with one attached hydrogen (secondary N) is 1. The van der Waals surface area contributed by atoms with Gasteiger partial charge in [0.1, 0.15) is 5.82 Å². The van der Waals surface area contributed by atoms with Gasteiger partial charge in [0, 0.05) is 32.7 Å². The van der Waals surface area contributed by atoms with Crippen LogP contribution in [0.5, 0.6) is 0 Å². The van der Waals surface area contributed by atoms with Gasteiger partial charge in [0.2, 0.25) is 0 Å². The SMILES string of the molecule is CC(C)CN1CCN(c2ccc(NS(=O)(=O)c3ccc(C(C)C)cc3)cn2)CC1. The summed E-state index contributed by atoms with van der Waals surface area (Å²) in [5.41, 5.74) is 1.59. The maximum Gasteiger partial charge on any atom is 0.261 e. The Morgan fingerprint density at radius 2 is 1.62 bits per heavy atom. The number of hydrogen-bond acceptors (Lipinski definition) is 5. The Morgan fingerprint density at radius 1 is 0.966 bits per heavy atom. The van der Waals surface area contributed by atoms with Crippen molar-refractivity contribution in [1.29, 1.82) is 0 Å². The molecule has 1 aromatic heterocycles. The predicted molar refractivity (Wildman–Crippen MR) is 119 cm³/mol. The van der Waals surface area contributed by atoms with Crippen LogP contribution in [0.2, 0.25) is 0 Å². The molecular formula is C22H32N4O2S. The smallest absolute Gasteiger partial charge is 0.261 e. The monoisotopic (exact) mass is 416 g/mol. The molecule has 2 aromatic rings. The zero-order valence-electron chi connectivity index (χ0n) is 17.8. The quantitative estimate of drug-likeness (QED) is 0.744. The van der Waals surface area contributed by atoms with E-state index in [1.807, 2.05) is 18.2 Å². The Morgan fingerprint density at radius 3 is 2.14 bits per heavy atom. The Hall–Kier alpha value is -2.12. The summed E-state index contributed by atoms with van der Waals surface area (Å²) >= 11 is 0. The molecule has 0 bridgehead atoms. The largest absolute Gasteiger partial charge is 0.354 e. The van der Waals surface area contributed by atoms with E-state index in [-0.39, 0.29) is 4.90 Å². The van der Waals surface area contributed by atoms with Crippen LogP contribution in [0.15, 0.2) is 47.5 Å². The first-order chi connectivity index (χ1) is 13.7. The molecule has 1 aliphatic heterocycles. The predicted octanol–water partition coefficient (Wildman–Crippen LogP) is 3.78. The van der Waals surface area contributed by atoms with Gasteiger partial charge in [-0.2, -0.15) is 0 Å². The molecule has 158 valence electrons. The molecular weight excluding hydrogens is 384 g/mol. The third-order valence-electron chi connectivity index (χ3n) is 5.18. The van der Waals surface area contributed by atoms with E-state index in [1.54, 1.807) is 24.4 Å². The standard InChI is InChI=1S/C22H32N4O2S/c1-17(2)16-25-11-13-26(14-12-25)22-10-7-20(15-23-22)24-29(27,28)21-8-5-19(6-9-21)18(3)4/h5-10,15,17-18,24H,11-14,16H2,1-4H3. The first-order valence-electron chi connectivity index (χ1n) is 10.3. The van der Waals surface area contributed by atoms with Crippen LogP contribution in [0.3, 0.4) is 0 Å². The van der Waals surface area contributed by atoms with Crippen molar-refractivity contribution in [3.8, 4) is 0 Å². The fourth-order valence-electron chi connectivity index (χ4n) is 3.56. The number of nitrogens with zero attached hydrogens (tertiary/aromatic N) is 3. The number of benzene rings is 1. The molecule has 0 saturated carbocycles. The normalized spacial score (nSPS) is 15.9. The fourth-order valence-corrected chi connectivity index (χ4v) is 4.60. The Bertz CT molecular complexity index is 885. The second kappa shape index (κ2) is 9.13. The van der Waals surface area contributed by atoms with Gasteiger partial charge in [-0.05, 0) is 41.7 Å². The third kappa shape index (κ3) is 5.70. The third-order valence-corrected chi connectivity index (χ3v) is 6.57. The minimum atomic E-state index is -3.62. The highest BCUT2D eigenvalue weighted by molar-refractivity contribution is 7.92. The summed E-state index contributed by atoms with van der Waals surface area (Å²) in [7, 11) is -3.62. The van der Waals surface area contributed by atoms with Crippen LogP contribution in [0.4, 0.5) is 11.5 Å². The summed E-state index contributed by atoms with van der Waals surface area (Å²) in [5, 5.41) is 0. The van der Waals surface area contributed by atoms with E-state index in [2.05, 4.69) is 47.2 Å². The zero-order chi connectivity index (χ0) is 21.0. The van der Waals surface area contributed by atoms with Gasteiger partial charge in [0.25, 0.3) is 10.0 Å². The molecule has 0 spiro atoms. The van der Waals surface area contributed by atoms with Crippen LogP contribution >= 0.6 is 0 Å². The van der Waals surface area contributed by atoms with Crippen molar-refractivity contribution >= 4 is 21.5 Å². The Labute approximate surface area is 175 Å². The van der Waals surface area contributed by atoms with Gasteiger partial charge in [-0.3, -0.25) is 9.62 Å². The average Bonchev–Trinajstić information content (AvgIpc) is 2.68. The van der Waals surface area contributed by atoms with Crippen LogP contribution in [0.25, 0.3) is 0 Å². The van der Waals surface area contributed by atoms with Gasteiger partial charge in [0.05, 0.1) is 16.8 Å². The first-order valence-corrected chi connectivity index (χ1v) is 11.8. The summed E-state index contributed by atoms with van der Waals surface area (Å²) in [5.74, 6) is 1.93. The summed E-state index contributed by atoms with van der Waals surface area (Å²) in [6, 6.07) is 10.7. The van der Waals surface area contributed by atoms with Gasteiger partial charge in [-0.25, -0.2) is 13.4 Å². The first kappa shape index (κ1) is 21.6. The fraction of sp³-hybridized carbons (Fsp3) is 0.500. The van der Waals surface area contributed by atoms with Crippen LogP contribution in [0.1, 0.15) is 39.2 Å². The maximum atomic E-state index is 12.6. The summed E-state index contributed by atoms with van der Waals surface area (Å²) < 4.78 is 27.9. The van der Waals surface area contributed by atoms with Gasteiger partial charge in [-0.15, -0.1) is 0 Å². The van der Waals surface area contributed by atoms with E-state index >= 15 is 0 Å². The van der Waals surface area contributed by atoms with Crippen molar-refractivity contribution in [3.05, 3.63) is 48.2 Å². The van der Waals surface area contributed by atoms with Crippen molar-refractivity contribution < 1.29 is 8.42 Å². The molecule has 1 fully saturated rings. The average molecular weight is 417 g/mol. The molecule has 29 heavy (non-hydrogen) atoms. The molecule has 0 aliphatic carbocycles. The molecule has 0 unspecified atom stereocenters. The molecule has 2 heterocycles. The summed E-state index contributed by atoms with van der Waals surface area (Å²) in [6.45, 7) is 13.7. The molecule has 0 atom stereocenters. The van der Waals surface area contributed by atoms with E-state index in [4.69, 9.17) is 0 Å². The number of sulfonamides is 1. The molecule has 1 aromatic carbocycles. The van der Waals surface area contributed by atoms with Crippen molar-refractivity contribution in [2.24, 2.45) is 5.92 Å². The molecule has 7 heteroatoms. The van der Waals surface area contributed by atoms with Crippen LogP contribution in [-0.4, -0.2) is 51.0 Å². The van der Waals surface area contributed by atoms with Crippen LogP contribution < -0.4 is 9.62 Å². The van der Waals surface area contributed by atoms with E-state index in [1.165, 1.54) is 0 Å². The minimum Gasteiger partial charge on any atom is -0.354 e. The van der Waals surface area contributed by atoms with Gasteiger partial charge >= 0.3 is 0 Å². The molecule has 1 saturated heterocycles. The lowest BCUT2D eigenvalue weighted by Crippen LogP contribution is -2.47. The molecule has 6 nitrogen and oxygen atoms in total. The lowest BCUT2D eigenvalue weighted by Gasteiger charge is -2.36. The van der Waals surface area contributed by atoms with E-state index in [9.17, 15) is 8.42 Å². The summed E-state index contributed by atoms with van der Waals surface area (Å²) in [6.07, 6.45) is 1.59.